The van der Waals surface area contributed by atoms with E-state index in [4.69, 9.17) is 10.2 Å². The van der Waals surface area contributed by atoms with E-state index in [9.17, 15) is 0 Å². The largest absolute Gasteiger partial charge is 0.405 e. The van der Waals surface area contributed by atoms with E-state index >= 15 is 0 Å². The lowest BCUT2D eigenvalue weighted by Crippen LogP contribution is -2.31. The third-order valence-electron chi connectivity index (χ3n) is 1.27. The minimum atomic E-state index is -0.274. The molecule has 0 spiro atoms. The van der Waals surface area contributed by atoms with Gasteiger partial charge in [0.1, 0.15) is 0 Å². The number of likely N-dealkylation sites (N-methyl/N-ethyl adjacent to an activating group) is 1. The second kappa shape index (κ2) is 5.71. The molecule has 1 atom stereocenters. The molecule has 0 radical (unpaired) electrons. The molecular formula is C6H16BNO2. The minimum Gasteiger partial charge on any atom is -0.405 e. The Hall–Kier alpha value is -0.0551. The highest BCUT2D eigenvalue weighted by Crippen LogP contribution is 1.85. The van der Waals surface area contributed by atoms with Crippen molar-refractivity contribution >= 4 is 7.28 Å². The van der Waals surface area contributed by atoms with Gasteiger partial charge in [-0.25, -0.2) is 0 Å². The molecule has 2 N–H and O–H groups in total. The summed E-state index contributed by atoms with van der Waals surface area (Å²) in [7, 11) is 2.71. The van der Waals surface area contributed by atoms with Crippen LogP contribution in [0.5, 0.6) is 0 Å². The average Bonchev–Trinajstić information content (AvgIpc) is 1.82. The third kappa shape index (κ3) is 6.07. The molecule has 0 fully saturated rings. The van der Waals surface area contributed by atoms with Crippen molar-refractivity contribution in [3.63, 3.8) is 0 Å². The molecule has 0 amide bonds. The van der Waals surface area contributed by atoms with Crippen molar-refractivity contribution in [1.29, 1.82) is 0 Å². The second-order valence-electron chi connectivity index (χ2n) is 2.69. The summed E-state index contributed by atoms with van der Waals surface area (Å²) in [6.07, 6.45) is 0.574. The highest BCUT2D eigenvalue weighted by molar-refractivity contribution is 6.35. The molecule has 0 aromatic heterocycles. The van der Waals surface area contributed by atoms with E-state index in [1.807, 2.05) is 11.9 Å². The van der Waals surface area contributed by atoms with Crippen molar-refractivity contribution in [3.05, 3.63) is 0 Å². The fourth-order valence-corrected chi connectivity index (χ4v) is 0.883. The highest BCUT2D eigenvalue weighted by atomic mass is 16.3. The monoisotopic (exact) mass is 145 g/mol. The van der Waals surface area contributed by atoms with Crippen LogP contribution in [0.1, 0.15) is 6.92 Å². The predicted octanol–water partition coefficient (Wildman–Crippen LogP) is -1.36. The zero-order valence-corrected chi connectivity index (χ0v) is 6.75. The van der Waals surface area contributed by atoms with Gasteiger partial charge in [0.2, 0.25) is 0 Å². The van der Waals surface area contributed by atoms with Crippen LogP contribution in [0.3, 0.4) is 0 Å². The van der Waals surface area contributed by atoms with E-state index in [1.54, 1.807) is 6.92 Å². The van der Waals surface area contributed by atoms with Gasteiger partial charge in [0, 0.05) is 13.1 Å². The molecule has 3 nitrogen and oxygen atoms in total. The van der Waals surface area contributed by atoms with Gasteiger partial charge in [-0.3, -0.25) is 0 Å². The Kier molecular flexibility index (Phi) is 5.68. The van der Waals surface area contributed by atoms with Crippen molar-refractivity contribution in [2.24, 2.45) is 0 Å². The van der Waals surface area contributed by atoms with Crippen LogP contribution < -0.4 is 0 Å². The fourth-order valence-electron chi connectivity index (χ4n) is 0.883. The maximum Gasteiger partial charge on any atom is 0.169 e. The smallest absolute Gasteiger partial charge is 0.169 e. The van der Waals surface area contributed by atoms with Crippen molar-refractivity contribution in [2.45, 2.75) is 13.0 Å². The summed E-state index contributed by atoms with van der Waals surface area (Å²) < 4.78 is 0. The predicted molar refractivity (Wildman–Crippen MR) is 43.4 cm³/mol. The number of aliphatic hydroxyl groups is 2. The lowest BCUT2D eigenvalue weighted by atomic mass is 9.80. The topological polar surface area (TPSA) is 43.7 Å². The van der Waals surface area contributed by atoms with E-state index in [2.05, 4.69) is 0 Å². The van der Waals surface area contributed by atoms with Crippen molar-refractivity contribution < 1.29 is 10.2 Å². The third-order valence-corrected chi connectivity index (χ3v) is 1.27. The molecule has 60 valence electrons. The van der Waals surface area contributed by atoms with Crippen molar-refractivity contribution in [3.8, 4) is 0 Å². The minimum absolute atomic E-state index is 0.226. The van der Waals surface area contributed by atoms with Gasteiger partial charge in [-0.15, -0.1) is 0 Å². The van der Waals surface area contributed by atoms with Crippen molar-refractivity contribution in [2.75, 3.05) is 26.5 Å². The van der Waals surface area contributed by atoms with Crippen LogP contribution in [-0.2, 0) is 0 Å². The van der Waals surface area contributed by atoms with Crippen LogP contribution in [-0.4, -0.2) is 55.0 Å². The quantitative estimate of drug-likeness (QED) is 0.469. The average molecular weight is 145 g/mol. The summed E-state index contributed by atoms with van der Waals surface area (Å²) in [5, 5.41) is 17.4. The molecule has 0 rings (SSSR count). The molecule has 4 heteroatoms. The Balaban J connectivity index is 3.16. The van der Waals surface area contributed by atoms with Crippen LogP contribution in [0.2, 0.25) is 0 Å². The first kappa shape index (κ1) is 9.94. The molecule has 1 unspecified atom stereocenters. The van der Waals surface area contributed by atoms with Crippen LogP contribution in [0.4, 0.5) is 0 Å². The molecule has 0 aliphatic carbocycles. The molecule has 0 aliphatic rings. The van der Waals surface area contributed by atoms with E-state index in [0.29, 0.717) is 6.54 Å². The summed E-state index contributed by atoms with van der Waals surface area (Å²) >= 11 is 0. The maximum atomic E-state index is 8.92. The van der Waals surface area contributed by atoms with Gasteiger partial charge in [0.15, 0.2) is 7.28 Å². The first-order valence-corrected chi connectivity index (χ1v) is 3.64. The van der Waals surface area contributed by atoms with Crippen LogP contribution in [0.15, 0.2) is 0 Å². The summed E-state index contributed by atoms with van der Waals surface area (Å²) in [5.41, 5.74) is 0. The van der Waals surface area contributed by atoms with Crippen LogP contribution >= 0.6 is 0 Å². The lowest BCUT2D eigenvalue weighted by molar-refractivity contribution is 0.150. The number of aliphatic hydroxyl groups excluding tert-OH is 2. The number of hydrogen-bond donors (Lipinski definition) is 2. The Morgan fingerprint density at radius 1 is 1.60 bits per heavy atom. The summed E-state index contributed by atoms with van der Waals surface area (Å²) in [4.78, 5) is 2.00. The van der Waals surface area contributed by atoms with Gasteiger partial charge < -0.3 is 15.1 Å². The number of hydrogen-bond acceptors (Lipinski definition) is 3. The molecule has 0 aliphatic heterocycles. The number of nitrogens with zero attached hydrogens (tertiary/aromatic N) is 1. The Morgan fingerprint density at radius 2 is 2.20 bits per heavy atom. The molecule has 10 heavy (non-hydrogen) atoms. The maximum absolute atomic E-state index is 8.92. The zero-order valence-electron chi connectivity index (χ0n) is 6.75. The molecule has 0 saturated heterocycles. The standard InChI is InChI=1S/C6H16BNO2/c1-6(10)3-8(2)4-7-5-9/h6-7,9-10H,3-5H2,1-2H3. The zero-order chi connectivity index (χ0) is 7.98. The van der Waals surface area contributed by atoms with E-state index in [-0.39, 0.29) is 12.6 Å². The Bertz CT molecular complexity index is 80.1. The summed E-state index contributed by atoms with van der Waals surface area (Å²) in [6, 6.07) is 0. The molecule has 0 saturated carbocycles. The molecule has 0 bridgehead atoms. The fraction of sp³-hybridized carbons (Fsp3) is 1.00. The normalized spacial score (nSPS) is 13.7. The Labute approximate surface area is 62.9 Å². The SMILES string of the molecule is CC(O)CN(C)CBCO. The first-order valence-electron chi connectivity index (χ1n) is 3.64. The van der Waals surface area contributed by atoms with Crippen LogP contribution in [0, 0.1) is 0 Å². The molecule has 0 aromatic carbocycles. The van der Waals surface area contributed by atoms with E-state index in [0.717, 1.165) is 13.7 Å². The van der Waals surface area contributed by atoms with Crippen LogP contribution in [0.25, 0.3) is 0 Å². The van der Waals surface area contributed by atoms with Crippen molar-refractivity contribution in [1.82, 2.24) is 4.90 Å². The Morgan fingerprint density at radius 3 is 2.60 bits per heavy atom. The first-order chi connectivity index (χ1) is 4.66. The summed E-state index contributed by atoms with van der Waals surface area (Å²) in [6.45, 7) is 2.67. The van der Waals surface area contributed by atoms with E-state index < -0.39 is 0 Å². The van der Waals surface area contributed by atoms with Gasteiger partial charge >= 0.3 is 0 Å². The second-order valence-corrected chi connectivity index (χ2v) is 2.69. The van der Waals surface area contributed by atoms with E-state index in [1.165, 1.54) is 0 Å². The lowest BCUT2D eigenvalue weighted by Gasteiger charge is -2.16. The molecule has 0 heterocycles. The van der Waals surface area contributed by atoms with Gasteiger partial charge in [0.25, 0.3) is 0 Å². The summed E-state index contributed by atoms with van der Waals surface area (Å²) in [5.74, 6) is 0. The van der Waals surface area contributed by atoms with Gasteiger partial charge in [-0.2, -0.15) is 0 Å². The number of rotatable bonds is 5. The molecule has 0 aromatic rings. The highest BCUT2D eigenvalue weighted by Gasteiger charge is 2.01. The molecular weight excluding hydrogens is 129 g/mol. The van der Waals surface area contributed by atoms with Gasteiger partial charge in [0.05, 0.1) is 6.10 Å². The van der Waals surface area contributed by atoms with Gasteiger partial charge in [-0.1, -0.05) is 0 Å². The van der Waals surface area contributed by atoms with Gasteiger partial charge in [-0.05, 0) is 20.4 Å².